The summed E-state index contributed by atoms with van der Waals surface area (Å²) in [6.45, 7) is 16.6. The summed E-state index contributed by atoms with van der Waals surface area (Å²) in [6, 6.07) is 15.5. The second kappa shape index (κ2) is 13.2. The van der Waals surface area contributed by atoms with E-state index in [2.05, 4.69) is 53.8 Å². The maximum Gasteiger partial charge on any atom is 0.278 e. The van der Waals surface area contributed by atoms with Gasteiger partial charge in [-0.1, -0.05) is 31.8 Å². The average Bonchev–Trinajstić information content (AvgIpc) is 3.59. The molecule has 9 nitrogen and oxygen atoms in total. The molecule has 1 atom stereocenters. The van der Waals surface area contributed by atoms with Gasteiger partial charge in [0, 0.05) is 45.5 Å². The Labute approximate surface area is 277 Å². The van der Waals surface area contributed by atoms with Crippen LogP contribution in [0.2, 0.25) is 25.7 Å². The molecule has 4 aromatic rings. The first-order chi connectivity index (χ1) is 22.4. The fraction of sp³-hybridized carbons (Fsp3) is 0.444. The number of ether oxygens (including phenoxy) is 3. The zero-order valence-electron chi connectivity index (χ0n) is 28.1. The fourth-order valence-corrected chi connectivity index (χ4v) is 7.08. The standard InChI is InChI=1S/C36H43FN6O3Si/c1-24-18-28(35-41-40-25(2)43(35)23-44-16-17-47(4,5)6)21-39-32(24)22-42-14-12-27(13-15-42)29-8-7-9-33-34(29)46-36(3,45-33)30-11-10-26(20-38)19-31(30)37/h7-11,18-19,21,27H,12-17,22-23H2,1-6H3/t36-/m0/s1. The molecule has 0 unspecified atom stereocenters. The number of hydrogen-bond acceptors (Lipinski definition) is 8. The van der Waals surface area contributed by atoms with Gasteiger partial charge in [-0.05, 0) is 87.6 Å². The van der Waals surface area contributed by atoms with Gasteiger partial charge in [0.1, 0.15) is 18.4 Å². The second-order valence-electron chi connectivity index (χ2n) is 14.0. The molecule has 4 heterocycles. The van der Waals surface area contributed by atoms with Crippen molar-refractivity contribution in [2.75, 3.05) is 19.7 Å². The van der Waals surface area contributed by atoms with Gasteiger partial charge in [-0.25, -0.2) is 4.39 Å². The molecule has 2 aliphatic heterocycles. The highest BCUT2D eigenvalue weighted by molar-refractivity contribution is 6.76. The maximum absolute atomic E-state index is 14.9. The lowest BCUT2D eigenvalue weighted by molar-refractivity contribution is -0.0712. The van der Waals surface area contributed by atoms with E-state index in [9.17, 15) is 4.39 Å². The number of nitrogens with zero attached hydrogens (tertiary/aromatic N) is 6. The van der Waals surface area contributed by atoms with Crippen molar-refractivity contribution in [3.05, 3.63) is 88.3 Å². The third kappa shape index (κ3) is 7.10. The lowest BCUT2D eigenvalue weighted by Gasteiger charge is -2.32. The Kier molecular flexibility index (Phi) is 9.20. The second-order valence-corrected chi connectivity index (χ2v) is 19.6. The van der Waals surface area contributed by atoms with Crippen LogP contribution >= 0.6 is 0 Å². The summed E-state index contributed by atoms with van der Waals surface area (Å²) in [4.78, 5) is 7.32. The molecular formula is C36H43FN6O3Si. The number of piperidine rings is 1. The van der Waals surface area contributed by atoms with Gasteiger partial charge >= 0.3 is 0 Å². The van der Waals surface area contributed by atoms with Gasteiger partial charge in [-0.15, -0.1) is 10.2 Å². The third-order valence-corrected chi connectivity index (χ3v) is 10.9. The van der Waals surface area contributed by atoms with E-state index in [1.165, 1.54) is 6.07 Å². The van der Waals surface area contributed by atoms with Crippen LogP contribution in [0.4, 0.5) is 4.39 Å². The number of aromatic nitrogens is 4. The van der Waals surface area contributed by atoms with Crippen molar-refractivity contribution >= 4 is 8.07 Å². The summed E-state index contributed by atoms with van der Waals surface area (Å²) in [5, 5.41) is 17.9. The average molecular weight is 655 g/mol. The minimum absolute atomic E-state index is 0.257. The van der Waals surface area contributed by atoms with E-state index in [0.29, 0.717) is 18.2 Å². The summed E-state index contributed by atoms with van der Waals surface area (Å²) >= 11 is 0. The molecule has 0 saturated carbocycles. The van der Waals surface area contributed by atoms with Gasteiger partial charge in [0.25, 0.3) is 5.79 Å². The minimum Gasteiger partial charge on any atom is -0.444 e. The number of rotatable bonds is 10. The Hall–Kier alpha value is -4.11. The normalized spacial score (nSPS) is 18.4. The summed E-state index contributed by atoms with van der Waals surface area (Å²) in [7, 11) is -1.16. The van der Waals surface area contributed by atoms with Gasteiger partial charge in [0.2, 0.25) is 0 Å². The van der Waals surface area contributed by atoms with Crippen molar-refractivity contribution in [2.24, 2.45) is 0 Å². The number of benzene rings is 2. The molecule has 1 fully saturated rings. The molecule has 6 rings (SSSR count). The quantitative estimate of drug-likeness (QED) is 0.130. The van der Waals surface area contributed by atoms with Gasteiger partial charge in [0.05, 0.1) is 22.9 Å². The molecule has 246 valence electrons. The number of halogens is 1. The Morgan fingerprint density at radius 2 is 1.87 bits per heavy atom. The zero-order valence-corrected chi connectivity index (χ0v) is 29.1. The predicted octanol–water partition coefficient (Wildman–Crippen LogP) is 7.30. The smallest absolute Gasteiger partial charge is 0.278 e. The third-order valence-electron chi connectivity index (χ3n) is 9.20. The Balaban J connectivity index is 1.08. The molecule has 2 aliphatic rings. The number of para-hydroxylation sites is 1. The van der Waals surface area contributed by atoms with E-state index >= 15 is 0 Å². The van der Waals surface area contributed by atoms with Crippen molar-refractivity contribution in [1.29, 1.82) is 5.26 Å². The first-order valence-electron chi connectivity index (χ1n) is 16.3. The van der Waals surface area contributed by atoms with Crippen LogP contribution in [0.25, 0.3) is 11.4 Å². The molecular weight excluding hydrogens is 612 g/mol. The van der Waals surface area contributed by atoms with Crippen LogP contribution < -0.4 is 9.47 Å². The first kappa shape index (κ1) is 32.8. The molecule has 0 radical (unpaired) electrons. The van der Waals surface area contributed by atoms with Crippen LogP contribution in [0.3, 0.4) is 0 Å². The molecule has 0 spiro atoms. The zero-order chi connectivity index (χ0) is 33.3. The lowest BCUT2D eigenvalue weighted by atomic mass is 9.88. The fourth-order valence-electron chi connectivity index (χ4n) is 6.32. The molecule has 2 aromatic heterocycles. The minimum atomic E-state index is -1.31. The number of hydrogen-bond donors (Lipinski definition) is 0. The highest BCUT2D eigenvalue weighted by Crippen LogP contribution is 2.49. The first-order valence-corrected chi connectivity index (χ1v) is 20.0. The van der Waals surface area contributed by atoms with Crippen LogP contribution in [0, 0.1) is 31.0 Å². The topological polar surface area (TPSA) is 98.3 Å². The SMILES string of the molecule is Cc1cc(-c2nnc(C)n2COCC[Si](C)(C)C)cnc1CN1CCC(c2cccc3c2O[C@@](C)(c2ccc(C#N)cc2F)O3)CC1. The summed E-state index contributed by atoms with van der Waals surface area (Å²) in [5.41, 5.74) is 4.72. The summed E-state index contributed by atoms with van der Waals surface area (Å²) in [6.07, 6.45) is 3.81. The largest absolute Gasteiger partial charge is 0.444 e. The number of nitriles is 1. The molecule has 47 heavy (non-hydrogen) atoms. The Bertz CT molecular complexity index is 1810. The van der Waals surface area contributed by atoms with Crippen LogP contribution in [-0.4, -0.2) is 52.4 Å². The number of fused-ring (bicyclic) bond motifs is 1. The Morgan fingerprint density at radius 1 is 1.09 bits per heavy atom. The van der Waals surface area contributed by atoms with E-state index < -0.39 is 19.7 Å². The van der Waals surface area contributed by atoms with Gasteiger partial charge < -0.3 is 14.2 Å². The van der Waals surface area contributed by atoms with Crippen molar-refractivity contribution in [2.45, 2.75) is 84.3 Å². The molecule has 0 N–H and O–H groups in total. The van der Waals surface area contributed by atoms with Crippen LogP contribution in [0.5, 0.6) is 11.5 Å². The van der Waals surface area contributed by atoms with Crippen molar-refractivity contribution in [3.8, 4) is 29.0 Å². The van der Waals surface area contributed by atoms with E-state index in [0.717, 1.165) is 79.2 Å². The molecule has 0 aliphatic carbocycles. The number of pyridine rings is 1. The molecule has 1 saturated heterocycles. The van der Waals surface area contributed by atoms with Crippen LogP contribution in [-0.2, 0) is 23.8 Å². The van der Waals surface area contributed by atoms with E-state index in [4.69, 9.17) is 24.5 Å². The van der Waals surface area contributed by atoms with E-state index in [1.54, 1.807) is 19.1 Å². The molecule has 0 amide bonds. The Morgan fingerprint density at radius 3 is 2.57 bits per heavy atom. The van der Waals surface area contributed by atoms with Gasteiger partial charge in [-0.3, -0.25) is 14.5 Å². The van der Waals surface area contributed by atoms with Crippen molar-refractivity contribution in [1.82, 2.24) is 24.6 Å². The van der Waals surface area contributed by atoms with Gasteiger partial charge in [0.15, 0.2) is 17.3 Å². The van der Waals surface area contributed by atoms with E-state index in [1.807, 2.05) is 35.9 Å². The lowest BCUT2D eigenvalue weighted by Crippen LogP contribution is -2.34. The van der Waals surface area contributed by atoms with Crippen LogP contribution in [0.15, 0.2) is 48.7 Å². The maximum atomic E-state index is 14.9. The van der Waals surface area contributed by atoms with E-state index in [-0.39, 0.29) is 17.0 Å². The molecule has 2 aromatic carbocycles. The summed E-state index contributed by atoms with van der Waals surface area (Å²) in [5.74, 6) is 1.35. The monoisotopic (exact) mass is 654 g/mol. The highest BCUT2D eigenvalue weighted by atomic mass is 28.3. The van der Waals surface area contributed by atoms with Gasteiger partial charge in [-0.2, -0.15) is 5.26 Å². The molecule has 0 bridgehead atoms. The molecule has 11 heteroatoms. The highest BCUT2D eigenvalue weighted by Gasteiger charge is 2.43. The number of likely N-dealkylation sites (tertiary alicyclic amines) is 1. The van der Waals surface area contributed by atoms with Crippen molar-refractivity contribution in [3.63, 3.8) is 0 Å². The predicted molar refractivity (Wildman–Crippen MR) is 180 cm³/mol. The number of aryl methyl sites for hydroxylation is 2. The van der Waals surface area contributed by atoms with Crippen molar-refractivity contribution < 1.29 is 18.6 Å². The summed E-state index contributed by atoms with van der Waals surface area (Å²) < 4.78 is 35.5. The van der Waals surface area contributed by atoms with Crippen LogP contribution in [0.1, 0.15) is 59.5 Å².